The first-order valence-electron chi connectivity index (χ1n) is 15.2. The summed E-state index contributed by atoms with van der Waals surface area (Å²) in [6, 6.07) is 7.44. The molecule has 2 unspecified atom stereocenters. The van der Waals surface area contributed by atoms with Gasteiger partial charge in [0, 0.05) is 5.69 Å². The molecule has 0 aromatic heterocycles. The zero-order chi connectivity index (χ0) is 33.8. The molecule has 46 heavy (non-hydrogen) atoms. The van der Waals surface area contributed by atoms with E-state index in [4.69, 9.17) is 25.8 Å². The van der Waals surface area contributed by atoms with E-state index >= 15 is 0 Å². The fourth-order valence-electron chi connectivity index (χ4n) is 5.31. The number of carbonyl (C=O) groups is 5. The predicted molar refractivity (Wildman–Crippen MR) is 172 cm³/mol. The Kier molecular flexibility index (Phi) is 10.8. The number of amides is 5. The van der Waals surface area contributed by atoms with E-state index in [0.29, 0.717) is 22.8 Å². The van der Waals surface area contributed by atoms with Gasteiger partial charge in [0.05, 0.1) is 29.3 Å². The highest BCUT2D eigenvalue weighted by atomic mass is 35.5. The Morgan fingerprint density at radius 2 is 1.72 bits per heavy atom. The van der Waals surface area contributed by atoms with Gasteiger partial charge >= 0.3 is 6.03 Å². The van der Waals surface area contributed by atoms with Crippen LogP contribution in [0.15, 0.2) is 36.4 Å². The van der Waals surface area contributed by atoms with Crippen molar-refractivity contribution in [3.63, 3.8) is 0 Å². The summed E-state index contributed by atoms with van der Waals surface area (Å²) >= 11 is 6.43. The molecule has 12 nitrogen and oxygen atoms in total. The highest BCUT2D eigenvalue weighted by Crippen LogP contribution is 2.32. The number of nitrogens with one attached hydrogen (secondary N) is 3. The lowest BCUT2D eigenvalue weighted by Gasteiger charge is -2.36. The first-order chi connectivity index (χ1) is 21.7. The molecule has 13 heteroatoms. The molecule has 0 saturated carbocycles. The maximum atomic E-state index is 13.9. The second-order valence-electron chi connectivity index (χ2n) is 12.6. The normalized spacial score (nSPS) is 18.4. The molecular formula is C33H41ClN4O8. The van der Waals surface area contributed by atoms with Gasteiger partial charge in [-0.15, -0.1) is 0 Å². The summed E-state index contributed by atoms with van der Waals surface area (Å²) in [6.07, 6.45) is 1.31. The average molecular weight is 657 g/mol. The van der Waals surface area contributed by atoms with Crippen molar-refractivity contribution in [2.24, 2.45) is 5.41 Å². The second-order valence-corrected chi connectivity index (χ2v) is 13.0. The maximum absolute atomic E-state index is 13.9. The van der Waals surface area contributed by atoms with E-state index in [0.717, 1.165) is 24.0 Å². The molecule has 0 aliphatic carbocycles. The van der Waals surface area contributed by atoms with Crippen molar-refractivity contribution < 1.29 is 38.2 Å². The number of carbonyl (C=O) groups excluding carboxylic acids is 5. The molecule has 2 atom stereocenters. The molecule has 2 saturated heterocycles. The minimum Gasteiger partial charge on any atom is -0.480 e. The minimum atomic E-state index is -1.86. The highest BCUT2D eigenvalue weighted by Gasteiger charge is 2.55. The Bertz CT molecular complexity index is 1520. The van der Waals surface area contributed by atoms with Gasteiger partial charge in [-0.2, -0.15) is 0 Å². The lowest BCUT2D eigenvalue weighted by atomic mass is 9.82. The molecule has 2 fully saturated rings. The number of nitrogens with zero attached hydrogens (tertiary/aromatic N) is 1. The van der Waals surface area contributed by atoms with Crippen molar-refractivity contribution in [2.75, 3.05) is 30.6 Å². The Labute approximate surface area is 273 Å². The summed E-state index contributed by atoms with van der Waals surface area (Å²) in [5, 5.41) is 8.03. The van der Waals surface area contributed by atoms with Crippen LogP contribution < -0.4 is 20.7 Å². The van der Waals surface area contributed by atoms with Gasteiger partial charge < -0.3 is 30.2 Å². The lowest BCUT2D eigenvalue weighted by molar-refractivity contribution is -0.176. The smallest absolute Gasteiger partial charge is 0.326 e. The van der Waals surface area contributed by atoms with Crippen molar-refractivity contribution in [2.45, 2.75) is 78.5 Å². The van der Waals surface area contributed by atoms with E-state index in [-0.39, 0.29) is 30.7 Å². The Morgan fingerprint density at radius 3 is 2.33 bits per heavy atom. The molecule has 0 bridgehead atoms. The number of anilines is 2. The number of halogens is 1. The fourth-order valence-corrected chi connectivity index (χ4v) is 5.47. The third-order valence-electron chi connectivity index (χ3n) is 7.95. The molecule has 0 radical (unpaired) electrons. The van der Waals surface area contributed by atoms with Crippen LogP contribution in [0.4, 0.5) is 16.2 Å². The number of hydrogen-bond donors (Lipinski definition) is 3. The van der Waals surface area contributed by atoms with E-state index in [1.807, 2.05) is 39.0 Å². The topological polar surface area (TPSA) is 152 Å². The summed E-state index contributed by atoms with van der Waals surface area (Å²) in [7, 11) is 0. The van der Waals surface area contributed by atoms with E-state index in [2.05, 4.69) is 16.0 Å². The zero-order valence-electron chi connectivity index (χ0n) is 27.0. The number of rotatable bonds is 12. The van der Waals surface area contributed by atoms with Crippen molar-refractivity contribution in [3.8, 4) is 5.75 Å². The standard InChI is InChI=1S/C33H41ClN4O8/c1-7-8-9-25(46-24-13-10-19(2)14-20(24)3)28(40)35-21-11-12-22(34)23(15-21)36-29(41)26(27(39)33(6)16-44-18-45-17-33)38-30(42)32(4,5)37-31(38)43/h10-15,25-26H,7-9,16-18H2,1-6H3,(H,35,40)(H,36,41)(H,37,43). The molecule has 2 heterocycles. The summed E-state index contributed by atoms with van der Waals surface area (Å²) in [5.74, 6) is -2.25. The number of Topliss-reactive ketones (excluding diaryl/α,β-unsaturated/α-hetero) is 1. The number of benzene rings is 2. The van der Waals surface area contributed by atoms with Gasteiger partial charge in [-0.05, 0) is 77.3 Å². The quantitative estimate of drug-likeness (QED) is 0.219. The fraction of sp³-hybridized carbons (Fsp3) is 0.485. The second kappa shape index (κ2) is 14.2. The Balaban J connectivity index is 1.58. The van der Waals surface area contributed by atoms with Gasteiger partial charge in [0.25, 0.3) is 17.7 Å². The monoisotopic (exact) mass is 656 g/mol. The third kappa shape index (κ3) is 7.68. The largest absolute Gasteiger partial charge is 0.480 e. The number of ketones is 1. The highest BCUT2D eigenvalue weighted by molar-refractivity contribution is 6.34. The SMILES string of the molecule is CCCCC(Oc1ccc(C)cc1C)C(=O)Nc1ccc(Cl)c(NC(=O)C(C(=O)C2(C)COCOC2)N2C(=O)NC(C)(C)C2=O)c1. The van der Waals surface area contributed by atoms with Crippen LogP contribution in [0.5, 0.6) is 5.75 Å². The predicted octanol–water partition coefficient (Wildman–Crippen LogP) is 4.75. The van der Waals surface area contributed by atoms with Gasteiger partial charge in [0.1, 0.15) is 18.1 Å². The van der Waals surface area contributed by atoms with E-state index < -0.39 is 52.6 Å². The summed E-state index contributed by atoms with van der Waals surface area (Å²) < 4.78 is 16.8. The van der Waals surface area contributed by atoms with Crippen LogP contribution in [-0.4, -0.2) is 72.1 Å². The van der Waals surface area contributed by atoms with Gasteiger partial charge in [0.15, 0.2) is 17.9 Å². The number of unbranched alkanes of at least 4 members (excludes halogenated alkanes) is 1. The molecule has 248 valence electrons. The van der Waals surface area contributed by atoms with Crippen LogP contribution in [-0.2, 0) is 28.7 Å². The van der Waals surface area contributed by atoms with Gasteiger partial charge in [-0.3, -0.25) is 19.2 Å². The zero-order valence-corrected chi connectivity index (χ0v) is 27.7. The van der Waals surface area contributed by atoms with Crippen LogP contribution in [0.1, 0.15) is 58.1 Å². The van der Waals surface area contributed by atoms with E-state index in [1.54, 1.807) is 6.07 Å². The first kappa shape index (κ1) is 34.9. The number of imide groups is 1. The van der Waals surface area contributed by atoms with Gasteiger partial charge in [-0.1, -0.05) is 42.6 Å². The van der Waals surface area contributed by atoms with Crippen molar-refractivity contribution in [1.29, 1.82) is 0 Å². The van der Waals surface area contributed by atoms with Crippen molar-refractivity contribution >= 4 is 52.5 Å². The molecule has 3 N–H and O–H groups in total. The Hall–Kier alpha value is -4.00. The van der Waals surface area contributed by atoms with Gasteiger partial charge in [-0.25, -0.2) is 9.69 Å². The molecule has 2 aromatic carbocycles. The maximum Gasteiger partial charge on any atom is 0.326 e. The van der Waals surface area contributed by atoms with Crippen molar-refractivity contribution in [3.05, 3.63) is 52.5 Å². The summed E-state index contributed by atoms with van der Waals surface area (Å²) in [5.41, 5.74) is -0.330. The average Bonchev–Trinajstić information content (AvgIpc) is 3.19. The summed E-state index contributed by atoms with van der Waals surface area (Å²) in [6.45, 7) is 10.2. The Morgan fingerprint density at radius 1 is 1.02 bits per heavy atom. The molecule has 2 aliphatic rings. The van der Waals surface area contributed by atoms with Crippen LogP contribution in [0.3, 0.4) is 0 Å². The molecule has 2 aliphatic heterocycles. The van der Waals surface area contributed by atoms with Crippen LogP contribution in [0.25, 0.3) is 0 Å². The minimum absolute atomic E-state index is 0.0288. The molecule has 4 rings (SSSR count). The molecule has 5 amide bonds. The van der Waals surface area contributed by atoms with Crippen LogP contribution in [0.2, 0.25) is 5.02 Å². The third-order valence-corrected chi connectivity index (χ3v) is 8.28. The molecule has 0 spiro atoms. The first-order valence-corrected chi connectivity index (χ1v) is 15.6. The van der Waals surface area contributed by atoms with E-state index in [1.165, 1.54) is 32.9 Å². The lowest BCUT2D eigenvalue weighted by Crippen LogP contribution is -2.59. The number of urea groups is 1. The van der Waals surface area contributed by atoms with Crippen LogP contribution >= 0.6 is 11.6 Å². The molecule has 2 aromatic rings. The van der Waals surface area contributed by atoms with E-state index in [9.17, 15) is 24.0 Å². The number of hydrogen-bond acceptors (Lipinski definition) is 8. The van der Waals surface area contributed by atoms with Gasteiger partial charge in [0.2, 0.25) is 0 Å². The molecular weight excluding hydrogens is 616 g/mol. The number of aryl methyl sites for hydroxylation is 2. The number of ether oxygens (including phenoxy) is 3. The van der Waals surface area contributed by atoms with Crippen LogP contribution in [0, 0.1) is 19.3 Å². The summed E-state index contributed by atoms with van der Waals surface area (Å²) in [4.78, 5) is 68.0. The van der Waals surface area contributed by atoms with Crippen molar-refractivity contribution in [1.82, 2.24) is 10.2 Å².